The van der Waals surface area contributed by atoms with E-state index in [1.165, 1.54) is 13.3 Å². The van der Waals surface area contributed by atoms with Crippen molar-refractivity contribution in [2.24, 2.45) is 5.92 Å². The van der Waals surface area contributed by atoms with Crippen LogP contribution in [0.1, 0.15) is 95.1 Å². The molecule has 32 heavy (non-hydrogen) atoms. The third kappa shape index (κ3) is 6.50. The molecule has 1 aromatic carbocycles. The number of benzene rings is 1. The molecule has 2 aromatic rings. The number of aromatic nitrogens is 2. The Bertz CT molecular complexity index is 879. The van der Waals surface area contributed by atoms with Gasteiger partial charge in [-0.25, -0.2) is 14.4 Å². The van der Waals surface area contributed by atoms with Gasteiger partial charge in [0.1, 0.15) is 12.1 Å². The lowest BCUT2D eigenvalue weighted by atomic mass is 9.84. The van der Waals surface area contributed by atoms with Gasteiger partial charge in [0.25, 0.3) is 0 Å². The molecule has 1 aromatic heterocycles. The summed E-state index contributed by atoms with van der Waals surface area (Å²) in [5.74, 6) is 1.15. The zero-order valence-corrected chi connectivity index (χ0v) is 19.7. The first-order valence-corrected chi connectivity index (χ1v) is 11.9. The molecule has 0 saturated heterocycles. The van der Waals surface area contributed by atoms with Crippen molar-refractivity contribution in [2.75, 3.05) is 0 Å². The fourth-order valence-corrected chi connectivity index (χ4v) is 4.62. The van der Waals surface area contributed by atoms with Crippen molar-refractivity contribution in [3.8, 4) is 5.75 Å². The number of hydrogen-bond acceptors (Lipinski definition) is 4. The average molecular weight is 442 g/mol. The van der Waals surface area contributed by atoms with Crippen LogP contribution in [-0.2, 0) is 11.2 Å². The van der Waals surface area contributed by atoms with E-state index < -0.39 is 0 Å². The van der Waals surface area contributed by atoms with Gasteiger partial charge >= 0.3 is 0 Å². The normalized spacial score (nSPS) is 20.4. The van der Waals surface area contributed by atoms with E-state index in [1.807, 2.05) is 38.1 Å². The molecule has 0 spiro atoms. The molecule has 1 saturated carbocycles. The van der Waals surface area contributed by atoms with E-state index in [9.17, 15) is 9.18 Å². The first-order chi connectivity index (χ1) is 15.4. The number of hydrogen-bond donors (Lipinski definition) is 1. The summed E-state index contributed by atoms with van der Waals surface area (Å²) in [6, 6.07) is 7.90. The first kappa shape index (κ1) is 24.1. The number of carbonyl (C=O) groups is 1. The number of nitrogens with zero attached hydrogens (tertiary/aromatic N) is 2. The molecule has 1 aliphatic carbocycles. The quantitative estimate of drug-likeness (QED) is 0.526. The number of ether oxygens (including phenoxy) is 1. The Hall–Kier alpha value is -2.50. The summed E-state index contributed by atoms with van der Waals surface area (Å²) in [7, 11) is 0. The molecule has 6 heteroatoms. The minimum atomic E-state index is -0.208. The molecule has 1 aliphatic rings. The van der Waals surface area contributed by atoms with Crippen LogP contribution >= 0.6 is 0 Å². The molecule has 0 aliphatic heterocycles. The summed E-state index contributed by atoms with van der Waals surface area (Å²) in [6.07, 6.45) is 8.25. The largest absolute Gasteiger partial charge is 0.490 e. The van der Waals surface area contributed by atoms with E-state index in [0.717, 1.165) is 49.8 Å². The highest BCUT2D eigenvalue weighted by atomic mass is 19.1. The molecule has 0 bridgehead atoms. The van der Waals surface area contributed by atoms with E-state index >= 15 is 0 Å². The van der Waals surface area contributed by atoms with E-state index in [4.69, 9.17) is 4.74 Å². The van der Waals surface area contributed by atoms with Gasteiger partial charge in [-0.05, 0) is 69.1 Å². The standard InChI is InChI=1S/C26H36FN3O2/c1-5-6-17(2)26-25(27)24(28-16-29-26)15-20-7-11-22(12-8-20)32-23-13-9-21(10-14-23)18(3)30-19(4)31/h9-10,13-14,16-18,20,22H,5-8,11-12,15H2,1-4H3,(H,30,31). The summed E-state index contributed by atoms with van der Waals surface area (Å²) >= 11 is 0. The molecule has 1 heterocycles. The summed E-state index contributed by atoms with van der Waals surface area (Å²) in [6.45, 7) is 7.63. The van der Waals surface area contributed by atoms with Gasteiger partial charge in [0, 0.05) is 12.8 Å². The maximum absolute atomic E-state index is 15.0. The predicted molar refractivity (Wildman–Crippen MR) is 124 cm³/mol. The maximum atomic E-state index is 15.0. The Balaban J connectivity index is 1.50. The van der Waals surface area contributed by atoms with Crippen LogP contribution in [0.4, 0.5) is 4.39 Å². The molecule has 0 radical (unpaired) electrons. The lowest BCUT2D eigenvalue weighted by Gasteiger charge is -2.29. The zero-order chi connectivity index (χ0) is 23.1. The van der Waals surface area contributed by atoms with Crippen LogP contribution in [-0.4, -0.2) is 22.0 Å². The fourth-order valence-electron chi connectivity index (χ4n) is 4.62. The smallest absolute Gasteiger partial charge is 0.217 e. The average Bonchev–Trinajstić information content (AvgIpc) is 2.76. The van der Waals surface area contributed by atoms with Gasteiger partial charge in [-0.1, -0.05) is 32.4 Å². The minimum absolute atomic E-state index is 0.0235. The third-order valence-electron chi connectivity index (χ3n) is 6.46. The number of amides is 1. The van der Waals surface area contributed by atoms with Gasteiger partial charge in [0.05, 0.1) is 23.5 Å². The summed E-state index contributed by atoms with van der Waals surface area (Å²) in [4.78, 5) is 19.7. The minimum Gasteiger partial charge on any atom is -0.490 e. The van der Waals surface area contributed by atoms with Crippen molar-refractivity contribution >= 4 is 5.91 Å². The predicted octanol–water partition coefficient (Wildman–Crippen LogP) is 5.90. The van der Waals surface area contributed by atoms with Gasteiger partial charge < -0.3 is 10.1 Å². The van der Waals surface area contributed by atoms with Crippen LogP contribution in [0.2, 0.25) is 0 Å². The molecule has 5 nitrogen and oxygen atoms in total. The van der Waals surface area contributed by atoms with E-state index in [-0.39, 0.29) is 29.8 Å². The van der Waals surface area contributed by atoms with Crippen LogP contribution in [0.5, 0.6) is 5.75 Å². The number of nitrogens with one attached hydrogen (secondary N) is 1. The zero-order valence-electron chi connectivity index (χ0n) is 19.7. The number of rotatable bonds is 9. The number of halogens is 1. The van der Waals surface area contributed by atoms with Crippen molar-refractivity contribution < 1.29 is 13.9 Å². The summed E-state index contributed by atoms with van der Waals surface area (Å²) in [5, 5.41) is 2.89. The molecule has 174 valence electrons. The summed E-state index contributed by atoms with van der Waals surface area (Å²) < 4.78 is 21.1. The SMILES string of the molecule is CCCC(C)c1ncnc(CC2CCC(Oc3ccc(C(C)NC(C)=O)cc3)CC2)c1F. The second kappa shape index (κ2) is 11.4. The van der Waals surface area contributed by atoms with Crippen molar-refractivity contribution in [2.45, 2.75) is 90.7 Å². The van der Waals surface area contributed by atoms with Crippen LogP contribution in [0.25, 0.3) is 0 Å². The Kier molecular flexibility index (Phi) is 8.60. The van der Waals surface area contributed by atoms with Crippen molar-refractivity contribution in [1.82, 2.24) is 15.3 Å². The Morgan fingerprint density at radius 2 is 1.84 bits per heavy atom. The molecule has 1 fully saturated rings. The third-order valence-corrected chi connectivity index (χ3v) is 6.46. The van der Waals surface area contributed by atoms with E-state index in [0.29, 0.717) is 23.7 Å². The van der Waals surface area contributed by atoms with Gasteiger partial charge in [0.15, 0.2) is 5.82 Å². The molecule has 1 amide bonds. The molecule has 2 unspecified atom stereocenters. The lowest BCUT2D eigenvalue weighted by molar-refractivity contribution is -0.119. The van der Waals surface area contributed by atoms with Gasteiger partial charge in [-0.2, -0.15) is 0 Å². The highest BCUT2D eigenvalue weighted by Gasteiger charge is 2.25. The molecule has 3 rings (SSSR count). The molecule has 1 N–H and O–H groups in total. The lowest BCUT2D eigenvalue weighted by Crippen LogP contribution is -2.26. The van der Waals surface area contributed by atoms with Gasteiger partial charge in [-0.15, -0.1) is 0 Å². The fraction of sp³-hybridized carbons (Fsp3) is 0.577. The van der Waals surface area contributed by atoms with E-state index in [1.54, 1.807) is 0 Å². The van der Waals surface area contributed by atoms with Crippen LogP contribution in [0, 0.1) is 11.7 Å². The molecule has 2 atom stereocenters. The highest BCUT2D eigenvalue weighted by Crippen LogP contribution is 2.31. The second-order valence-corrected chi connectivity index (χ2v) is 9.17. The van der Waals surface area contributed by atoms with E-state index in [2.05, 4.69) is 22.2 Å². The van der Waals surface area contributed by atoms with Crippen LogP contribution in [0.3, 0.4) is 0 Å². The maximum Gasteiger partial charge on any atom is 0.217 e. The molecular weight excluding hydrogens is 405 g/mol. The van der Waals surface area contributed by atoms with Crippen molar-refractivity contribution in [1.29, 1.82) is 0 Å². The van der Waals surface area contributed by atoms with Gasteiger partial charge in [-0.3, -0.25) is 4.79 Å². The van der Waals surface area contributed by atoms with Crippen LogP contribution in [0.15, 0.2) is 30.6 Å². The van der Waals surface area contributed by atoms with Crippen LogP contribution < -0.4 is 10.1 Å². The Labute approximate surface area is 191 Å². The Morgan fingerprint density at radius 3 is 2.47 bits per heavy atom. The topological polar surface area (TPSA) is 64.1 Å². The highest BCUT2D eigenvalue weighted by molar-refractivity contribution is 5.73. The van der Waals surface area contributed by atoms with Crippen molar-refractivity contribution in [3.63, 3.8) is 0 Å². The van der Waals surface area contributed by atoms with Crippen molar-refractivity contribution in [3.05, 3.63) is 53.4 Å². The second-order valence-electron chi connectivity index (χ2n) is 9.17. The molecular formula is C26H36FN3O2. The Morgan fingerprint density at radius 1 is 1.16 bits per heavy atom. The van der Waals surface area contributed by atoms with Gasteiger partial charge in [0.2, 0.25) is 5.91 Å². The first-order valence-electron chi connectivity index (χ1n) is 11.9. The number of carbonyl (C=O) groups excluding carboxylic acids is 1. The monoisotopic (exact) mass is 441 g/mol. The summed E-state index contributed by atoms with van der Waals surface area (Å²) in [5.41, 5.74) is 2.17.